The van der Waals surface area contributed by atoms with E-state index in [9.17, 15) is 19.7 Å². The number of non-ortho nitro benzene ring substituents is 1. The Morgan fingerprint density at radius 3 is 2.46 bits per heavy atom. The van der Waals surface area contributed by atoms with Crippen LogP contribution < -0.4 is 9.47 Å². The van der Waals surface area contributed by atoms with Crippen LogP contribution in [0, 0.1) is 10.1 Å². The molecule has 178 valence electrons. The number of carbonyl (C=O) groups is 2. The van der Waals surface area contributed by atoms with E-state index in [0.29, 0.717) is 34.1 Å². The number of ether oxygens (including phenoxy) is 2. The van der Waals surface area contributed by atoms with Crippen molar-refractivity contribution in [3.8, 4) is 11.5 Å². The van der Waals surface area contributed by atoms with Gasteiger partial charge in [-0.1, -0.05) is 48.5 Å². The molecule has 2 amide bonds. The molecular formula is C26H22N2O6S. The minimum atomic E-state index is -0.453. The molecular weight excluding hydrogens is 468 g/mol. The normalized spacial score (nSPS) is 14.4. The molecule has 0 aromatic heterocycles. The predicted octanol–water partition coefficient (Wildman–Crippen LogP) is 5.81. The van der Waals surface area contributed by atoms with Crippen molar-refractivity contribution < 1.29 is 24.0 Å². The third-order valence-corrected chi connectivity index (χ3v) is 6.05. The van der Waals surface area contributed by atoms with Gasteiger partial charge in [0.05, 0.1) is 23.0 Å². The lowest BCUT2D eigenvalue weighted by Crippen LogP contribution is -2.27. The molecule has 3 aromatic rings. The Morgan fingerprint density at radius 1 is 0.943 bits per heavy atom. The number of hydrogen-bond acceptors (Lipinski definition) is 7. The molecule has 35 heavy (non-hydrogen) atoms. The molecule has 0 unspecified atom stereocenters. The Labute approximate surface area is 206 Å². The van der Waals surface area contributed by atoms with E-state index in [4.69, 9.17) is 9.47 Å². The van der Waals surface area contributed by atoms with Crippen LogP contribution in [0.5, 0.6) is 11.5 Å². The van der Waals surface area contributed by atoms with E-state index in [1.165, 1.54) is 17.0 Å². The van der Waals surface area contributed by atoms with Gasteiger partial charge in [0, 0.05) is 12.1 Å². The summed E-state index contributed by atoms with van der Waals surface area (Å²) in [6, 6.07) is 20.8. The van der Waals surface area contributed by atoms with Crippen LogP contribution in [-0.4, -0.2) is 27.6 Å². The van der Waals surface area contributed by atoms with Crippen molar-refractivity contribution in [1.29, 1.82) is 0 Å². The number of imide groups is 1. The van der Waals surface area contributed by atoms with Crippen molar-refractivity contribution in [2.24, 2.45) is 0 Å². The van der Waals surface area contributed by atoms with Gasteiger partial charge < -0.3 is 9.47 Å². The van der Waals surface area contributed by atoms with Gasteiger partial charge in [-0.15, -0.1) is 0 Å². The summed E-state index contributed by atoms with van der Waals surface area (Å²) in [7, 11) is 0. The van der Waals surface area contributed by atoms with Crippen molar-refractivity contribution in [2.45, 2.75) is 20.1 Å². The van der Waals surface area contributed by atoms with Gasteiger partial charge in [0.15, 0.2) is 11.5 Å². The lowest BCUT2D eigenvalue weighted by molar-refractivity contribution is -0.384. The molecule has 1 aliphatic heterocycles. The maximum atomic E-state index is 12.8. The van der Waals surface area contributed by atoms with Crippen LogP contribution in [0.25, 0.3) is 6.08 Å². The first-order chi connectivity index (χ1) is 16.9. The first-order valence-corrected chi connectivity index (χ1v) is 11.7. The Kier molecular flexibility index (Phi) is 7.47. The van der Waals surface area contributed by atoms with Gasteiger partial charge in [-0.2, -0.15) is 0 Å². The van der Waals surface area contributed by atoms with Gasteiger partial charge in [-0.3, -0.25) is 24.6 Å². The second-order valence-corrected chi connectivity index (χ2v) is 8.60. The van der Waals surface area contributed by atoms with E-state index in [1.807, 2.05) is 37.3 Å². The molecule has 8 nitrogen and oxygen atoms in total. The SMILES string of the molecule is CCOc1cc(/C=C2\SC(=O)N(Cc3ccccc3)C2=O)ccc1OCc1cccc([N+](=O)[O-])c1. The fourth-order valence-corrected chi connectivity index (χ4v) is 4.31. The van der Waals surface area contributed by atoms with Gasteiger partial charge >= 0.3 is 0 Å². The van der Waals surface area contributed by atoms with Crippen LogP contribution in [0.3, 0.4) is 0 Å². The molecule has 0 atom stereocenters. The average Bonchev–Trinajstić information content (AvgIpc) is 3.12. The zero-order valence-corrected chi connectivity index (χ0v) is 19.7. The van der Waals surface area contributed by atoms with Crippen molar-refractivity contribution in [1.82, 2.24) is 4.90 Å². The zero-order chi connectivity index (χ0) is 24.8. The van der Waals surface area contributed by atoms with Gasteiger partial charge in [-0.25, -0.2) is 0 Å². The molecule has 1 saturated heterocycles. The highest BCUT2D eigenvalue weighted by Gasteiger charge is 2.35. The Hall–Kier alpha value is -4.11. The van der Waals surface area contributed by atoms with Crippen LogP contribution in [0.4, 0.5) is 10.5 Å². The molecule has 0 N–H and O–H groups in total. The van der Waals surface area contributed by atoms with Crippen LogP contribution in [0.2, 0.25) is 0 Å². The summed E-state index contributed by atoms with van der Waals surface area (Å²) in [5, 5.41) is 10.7. The smallest absolute Gasteiger partial charge is 0.293 e. The Bertz CT molecular complexity index is 1290. The number of amides is 2. The van der Waals surface area contributed by atoms with Gasteiger partial charge in [0.2, 0.25) is 0 Å². The standard InChI is InChI=1S/C26H22N2O6S/c1-2-33-23-14-19(11-12-22(23)34-17-20-9-6-10-21(13-20)28(31)32)15-24-25(29)27(26(30)35-24)16-18-7-4-3-5-8-18/h3-15H,2,16-17H2,1H3/b24-15-. The molecule has 3 aromatic carbocycles. The fraction of sp³-hybridized carbons (Fsp3) is 0.154. The van der Waals surface area contributed by atoms with E-state index in [1.54, 1.807) is 36.4 Å². The third kappa shape index (κ3) is 5.88. The summed E-state index contributed by atoms with van der Waals surface area (Å²) in [6.07, 6.45) is 1.66. The molecule has 0 spiro atoms. The second kappa shape index (κ2) is 10.9. The molecule has 0 radical (unpaired) electrons. The second-order valence-electron chi connectivity index (χ2n) is 7.61. The van der Waals surface area contributed by atoms with E-state index >= 15 is 0 Å². The third-order valence-electron chi connectivity index (χ3n) is 5.14. The number of carbonyl (C=O) groups excluding carboxylic acids is 2. The topological polar surface area (TPSA) is 99.0 Å². The van der Waals surface area contributed by atoms with Crippen LogP contribution >= 0.6 is 11.8 Å². The van der Waals surface area contributed by atoms with Crippen molar-refractivity contribution in [3.05, 3.63) is 105 Å². The highest BCUT2D eigenvalue weighted by Crippen LogP contribution is 2.35. The quantitative estimate of drug-likeness (QED) is 0.212. The summed E-state index contributed by atoms with van der Waals surface area (Å²) in [4.78, 5) is 37.4. The molecule has 1 aliphatic rings. The van der Waals surface area contributed by atoms with E-state index in [2.05, 4.69) is 0 Å². The zero-order valence-electron chi connectivity index (χ0n) is 18.9. The van der Waals surface area contributed by atoms with Gasteiger partial charge in [0.1, 0.15) is 6.61 Å². The predicted molar refractivity (Wildman–Crippen MR) is 133 cm³/mol. The van der Waals surface area contributed by atoms with Gasteiger partial charge in [-0.05, 0) is 53.6 Å². The average molecular weight is 491 g/mol. The summed E-state index contributed by atoms with van der Waals surface area (Å²) in [5.74, 6) is 0.593. The summed E-state index contributed by atoms with van der Waals surface area (Å²) in [5.41, 5.74) is 2.20. The maximum absolute atomic E-state index is 12.8. The Morgan fingerprint density at radius 2 is 1.71 bits per heavy atom. The maximum Gasteiger partial charge on any atom is 0.293 e. The van der Waals surface area contributed by atoms with Crippen LogP contribution in [0.1, 0.15) is 23.6 Å². The molecule has 0 saturated carbocycles. The minimum Gasteiger partial charge on any atom is -0.490 e. The number of benzene rings is 3. The largest absolute Gasteiger partial charge is 0.490 e. The molecule has 4 rings (SSSR count). The van der Waals surface area contributed by atoms with Gasteiger partial charge in [0.25, 0.3) is 16.8 Å². The highest BCUT2D eigenvalue weighted by molar-refractivity contribution is 8.18. The number of thioether (sulfide) groups is 1. The number of nitro benzene ring substituents is 1. The van der Waals surface area contributed by atoms with E-state index in [-0.39, 0.29) is 30.0 Å². The summed E-state index contributed by atoms with van der Waals surface area (Å²) < 4.78 is 11.6. The summed E-state index contributed by atoms with van der Waals surface area (Å²) >= 11 is 0.902. The Balaban J connectivity index is 1.50. The van der Waals surface area contributed by atoms with Crippen molar-refractivity contribution >= 4 is 34.7 Å². The first kappa shape index (κ1) is 24.0. The number of nitro groups is 1. The van der Waals surface area contributed by atoms with Crippen molar-refractivity contribution in [2.75, 3.05) is 6.61 Å². The fourth-order valence-electron chi connectivity index (χ4n) is 3.48. The molecule has 1 fully saturated rings. The first-order valence-electron chi connectivity index (χ1n) is 10.9. The molecule has 0 bridgehead atoms. The van der Waals surface area contributed by atoms with E-state index < -0.39 is 4.92 Å². The number of nitrogens with zero attached hydrogens (tertiary/aromatic N) is 2. The minimum absolute atomic E-state index is 0.00677. The lowest BCUT2D eigenvalue weighted by Gasteiger charge is -2.13. The molecule has 1 heterocycles. The molecule has 9 heteroatoms. The monoisotopic (exact) mass is 490 g/mol. The number of hydrogen-bond donors (Lipinski definition) is 0. The van der Waals surface area contributed by atoms with Crippen molar-refractivity contribution in [3.63, 3.8) is 0 Å². The summed E-state index contributed by atoms with van der Waals surface area (Å²) in [6.45, 7) is 2.58. The highest BCUT2D eigenvalue weighted by atomic mass is 32.2. The lowest BCUT2D eigenvalue weighted by atomic mass is 10.1. The van der Waals surface area contributed by atoms with Crippen LogP contribution in [0.15, 0.2) is 77.7 Å². The van der Waals surface area contributed by atoms with E-state index in [0.717, 1.165) is 17.3 Å². The molecule has 0 aliphatic carbocycles. The number of rotatable bonds is 9. The van der Waals surface area contributed by atoms with Crippen LogP contribution in [-0.2, 0) is 17.9 Å².